The van der Waals surface area contributed by atoms with Gasteiger partial charge in [-0.25, -0.2) is 17.7 Å². The third kappa shape index (κ3) is 3.57. The normalized spacial score (nSPS) is 12.0. The van der Waals surface area contributed by atoms with Crippen molar-refractivity contribution in [2.24, 2.45) is 0 Å². The van der Waals surface area contributed by atoms with Crippen molar-refractivity contribution in [3.8, 4) is 0 Å². The zero-order chi connectivity index (χ0) is 16.5. The van der Waals surface area contributed by atoms with Gasteiger partial charge < -0.3 is 5.32 Å². The van der Waals surface area contributed by atoms with E-state index in [1.165, 1.54) is 11.4 Å². The Kier molecular flexibility index (Phi) is 4.74. The van der Waals surface area contributed by atoms with Crippen LogP contribution >= 0.6 is 11.6 Å². The van der Waals surface area contributed by atoms with Crippen LogP contribution in [0.1, 0.15) is 16.2 Å². The number of imidazole rings is 1. The number of carbonyl (C=O) groups is 1. The molecule has 2 aromatic rings. The molecule has 2 heterocycles. The monoisotopic (exact) mass is 344 g/mol. The fourth-order valence-corrected chi connectivity index (χ4v) is 2.57. The van der Waals surface area contributed by atoms with E-state index in [1.807, 2.05) is 0 Å². The van der Waals surface area contributed by atoms with Crippen LogP contribution in [0.5, 0.6) is 0 Å². The summed E-state index contributed by atoms with van der Waals surface area (Å²) in [5.74, 6) is -0.325. The van der Waals surface area contributed by atoms with E-state index < -0.39 is 10.0 Å². The zero-order valence-corrected chi connectivity index (χ0v) is 14.1. The van der Waals surface area contributed by atoms with Gasteiger partial charge in [-0.3, -0.25) is 9.20 Å². The predicted molar refractivity (Wildman–Crippen MR) is 84.7 cm³/mol. The van der Waals surface area contributed by atoms with Crippen LogP contribution in [-0.4, -0.2) is 54.4 Å². The molecule has 0 aliphatic heterocycles. The third-order valence-corrected chi connectivity index (χ3v) is 4.79. The first-order valence-corrected chi connectivity index (χ1v) is 8.76. The number of amides is 1. The molecule has 9 heteroatoms. The summed E-state index contributed by atoms with van der Waals surface area (Å²) in [6, 6.07) is 3.43. The van der Waals surface area contributed by atoms with Gasteiger partial charge in [-0.1, -0.05) is 11.6 Å². The van der Waals surface area contributed by atoms with Crippen molar-refractivity contribution >= 4 is 33.2 Å². The highest BCUT2D eigenvalue weighted by Gasteiger charge is 2.17. The second kappa shape index (κ2) is 6.23. The van der Waals surface area contributed by atoms with Crippen LogP contribution in [-0.2, 0) is 10.0 Å². The van der Waals surface area contributed by atoms with Gasteiger partial charge in [0.15, 0.2) is 0 Å². The average Bonchev–Trinajstić information content (AvgIpc) is 2.72. The number of nitrogens with zero attached hydrogens (tertiary/aromatic N) is 3. The summed E-state index contributed by atoms with van der Waals surface area (Å²) in [5.41, 5.74) is 1.59. The zero-order valence-electron chi connectivity index (χ0n) is 12.5. The van der Waals surface area contributed by atoms with E-state index in [0.29, 0.717) is 22.1 Å². The molecule has 1 amide bonds. The standard InChI is InChI=1S/C13H17ClN4O3S/c1-9-12(18-8-10(14)4-5-11(18)16-9)13(19)15-6-7-17(2)22(3,20)21/h4-5,8H,6-7H2,1-3H3,(H,15,19). The summed E-state index contributed by atoms with van der Waals surface area (Å²) in [4.78, 5) is 16.6. The first kappa shape index (κ1) is 16.7. The van der Waals surface area contributed by atoms with Crippen molar-refractivity contribution in [1.29, 1.82) is 0 Å². The van der Waals surface area contributed by atoms with Crippen LogP contribution in [0.4, 0.5) is 0 Å². The third-order valence-electron chi connectivity index (χ3n) is 3.25. The number of likely N-dealkylation sites (N-methyl/N-ethyl adjacent to an activating group) is 1. The molecule has 0 unspecified atom stereocenters. The van der Waals surface area contributed by atoms with E-state index in [0.717, 1.165) is 6.26 Å². The molecule has 120 valence electrons. The molecule has 0 aliphatic carbocycles. The van der Waals surface area contributed by atoms with Gasteiger partial charge in [-0.15, -0.1) is 0 Å². The van der Waals surface area contributed by atoms with Gasteiger partial charge in [0.05, 0.1) is 17.0 Å². The molecule has 0 radical (unpaired) electrons. The van der Waals surface area contributed by atoms with E-state index in [-0.39, 0.29) is 19.0 Å². The highest BCUT2D eigenvalue weighted by Crippen LogP contribution is 2.16. The lowest BCUT2D eigenvalue weighted by atomic mass is 10.3. The molecule has 0 bridgehead atoms. The van der Waals surface area contributed by atoms with Crippen molar-refractivity contribution in [2.45, 2.75) is 6.92 Å². The fourth-order valence-electron chi connectivity index (χ4n) is 1.99. The molecule has 0 aromatic carbocycles. The summed E-state index contributed by atoms with van der Waals surface area (Å²) in [7, 11) is -1.80. The van der Waals surface area contributed by atoms with E-state index in [2.05, 4.69) is 10.3 Å². The average molecular weight is 345 g/mol. The molecule has 0 saturated carbocycles. The second-order valence-electron chi connectivity index (χ2n) is 4.96. The maximum atomic E-state index is 12.3. The Morgan fingerprint density at radius 3 is 2.77 bits per heavy atom. The van der Waals surface area contributed by atoms with Crippen LogP contribution in [0.25, 0.3) is 5.65 Å². The number of aryl methyl sites for hydroxylation is 1. The van der Waals surface area contributed by atoms with E-state index in [1.54, 1.807) is 29.7 Å². The Hall–Kier alpha value is -1.64. The number of aromatic nitrogens is 2. The summed E-state index contributed by atoms with van der Waals surface area (Å²) < 4.78 is 25.4. The van der Waals surface area contributed by atoms with Crippen LogP contribution in [0.15, 0.2) is 18.3 Å². The lowest BCUT2D eigenvalue weighted by molar-refractivity contribution is 0.0945. The van der Waals surface area contributed by atoms with Gasteiger partial charge in [0.25, 0.3) is 5.91 Å². The van der Waals surface area contributed by atoms with Gasteiger partial charge in [0.1, 0.15) is 11.3 Å². The maximum Gasteiger partial charge on any atom is 0.270 e. The molecule has 0 spiro atoms. The number of carbonyl (C=O) groups excluding carboxylic acids is 1. The highest BCUT2D eigenvalue weighted by molar-refractivity contribution is 7.88. The summed E-state index contributed by atoms with van der Waals surface area (Å²) in [6.45, 7) is 2.13. The molecule has 7 nitrogen and oxygen atoms in total. The number of rotatable bonds is 5. The number of nitrogens with one attached hydrogen (secondary N) is 1. The van der Waals surface area contributed by atoms with Gasteiger partial charge in [0.2, 0.25) is 10.0 Å². The molecule has 2 aromatic heterocycles. The smallest absolute Gasteiger partial charge is 0.270 e. The number of pyridine rings is 1. The minimum absolute atomic E-state index is 0.196. The van der Waals surface area contributed by atoms with Crippen molar-refractivity contribution < 1.29 is 13.2 Å². The Morgan fingerprint density at radius 1 is 1.45 bits per heavy atom. The topological polar surface area (TPSA) is 83.8 Å². The highest BCUT2D eigenvalue weighted by atomic mass is 35.5. The van der Waals surface area contributed by atoms with Crippen molar-refractivity contribution in [3.63, 3.8) is 0 Å². The summed E-state index contributed by atoms with van der Waals surface area (Å²) in [6.07, 6.45) is 2.74. The second-order valence-corrected chi connectivity index (χ2v) is 7.49. The van der Waals surface area contributed by atoms with Gasteiger partial charge >= 0.3 is 0 Å². The Morgan fingerprint density at radius 2 is 2.14 bits per heavy atom. The van der Waals surface area contributed by atoms with Crippen molar-refractivity contribution in [2.75, 3.05) is 26.4 Å². The number of hydrogen-bond acceptors (Lipinski definition) is 4. The van der Waals surface area contributed by atoms with Crippen LogP contribution in [0.3, 0.4) is 0 Å². The summed E-state index contributed by atoms with van der Waals surface area (Å²) >= 11 is 5.95. The summed E-state index contributed by atoms with van der Waals surface area (Å²) in [5, 5.41) is 3.19. The molecule has 1 N–H and O–H groups in total. The van der Waals surface area contributed by atoms with E-state index >= 15 is 0 Å². The lowest BCUT2D eigenvalue weighted by Gasteiger charge is -2.14. The van der Waals surface area contributed by atoms with E-state index in [4.69, 9.17) is 11.6 Å². The molecule has 0 aliphatic rings. The molecular weight excluding hydrogens is 328 g/mol. The van der Waals surface area contributed by atoms with Crippen LogP contribution in [0, 0.1) is 6.92 Å². The van der Waals surface area contributed by atoms with Crippen molar-refractivity contribution in [1.82, 2.24) is 19.0 Å². The Bertz CT molecular complexity index is 816. The largest absolute Gasteiger partial charge is 0.349 e. The molecular formula is C13H17ClN4O3S. The Balaban J connectivity index is 2.13. The van der Waals surface area contributed by atoms with Gasteiger partial charge in [0, 0.05) is 26.3 Å². The lowest BCUT2D eigenvalue weighted by Crippen LogP contribution is -2.36. The minimum atomic E-state index is -3.26. The van der Waals surface area contributed by atoms with Crippen LogP contribution < -0.4 is 5.32 Å². The van der Waals surface area contributed by atoms with E-state index in [9.17, 15) is 13.2 Å². The van der Waals surface area contributed by atoms with Crippen LogP contribution in [0.2, 0.25) is 5.02 Å². The predicted octanol–water partition coefficient (Wildman–Crippen LogP) is 0.917. The SMILES string of the molecule is Cc1nc2ccc(Cl)cn2c1C(=O)NCCN(C)S(C)(=O)=O. The number of fused-ring (bicyclic) bond motifs is 1. The number of hydrogen-bond donors (Lipinski definition) is 1. The first-order valence-electron chi connectivity index (χ1n) is 6.54. The number of sulfonamides is 1. The first-order chi connectivity index (χ1) is 10.2. The Labute approximate surface area is 133 Å². The van der Waals surface area contributed by atoms with Gasteiger partial charge in [-0.05, 0) is 19.1 Å². The fraction of sp³-hybridized carbons (Fsp3) is 0.385. The molecule has 0 saturated heterocycles. The molecule has 22 heavy (non-hydrogen) atoms. The minimum Gasteiger partial charge on any atom is -0.349 e. The quantitative estimate of drug-likeness (QED) is 0.874. The molecule has 0 fully saturated rings. The number of halogens is 1. The molecule has 0 atom stereocenters. The molecule has 2 rings (SSSR count). The maximum absolute atomic E-state index is 12.3. The van der Waals surface area contributed by atoms with Crippen molar-refractivity contribution in [3.05, 3.63) is 34.7 Å². The van der Waals surface area contributed by atoms with Gasteiger partial charge in [-0.2, -0.15) is 0 Å².